The number of nitrogens with one attached hydrogen (secondary N) is 1. The molecule has 2 rings (SSSR count). The summed E-state index contributed by atoms with van der Waals surface area (Å²) >= 11 is 6.16. The zero-order valence-electron chi connectivity index (χ0n) is 11.2. The number of rotatable bonds is 3. The highest BCUT2D eigenvalue weighted by atomic mass is 35.5. The van der Waals surface area contributed by atoms with Crippen LogP contribution in [0.2, 0.25) is 5.02 Å². The lowest BCUT2D eigenvalue weighted by Gasteiger charge is -2.11. The van der Waals surface area contributed by atoms with Crippen LogP contribution in [0.5, 0.6) is 0 Å². The summed E-state index contributed by atoms with van der Waals surface area (Å²) in [5.74, 6) is 0. The van der Waals surface area contributed by atoms with Crippen LogP contribution in [0.4, 0.5) is 0 Å². The first kappa shape index (κ1) is 13.1. The molecule has 4 heteroatoms. The van der Waals surface area contributed by atoms with Crippen LogP contribution in [-0.4, -0.2) is 16.8 Å². The minimum absolute atomic E-state index is 0.291. The zero-order valence-corrected chi connectivity index (χ0v) is 11.9. The summed E-state index contributed by atoms with van der Waals surface area (Å²) in [6.45, 7) is 6.19. The molecule has 0 aliphatic carbocycles. The third-order valence-corrected chi connectivity index (χ3v) is 3.75. The molecule has 3 nitrogen and oxygen atoms in total. The van der Waals surface area contributed by atoms with E-state index in [1.807, 2.05) is 43.0 Å². The molecule has 0 saturated heterocycles. The summed E-state index contributed by atoms with van der Waals surface area (Å²) < 4.78 is 1.93. The van der Waals surface area contributed by atoms with Crippen LogP contribution in [0.3, 0.4) is 0 Å². The van der Waals surface area contributed by atoms with Gasteiger partial charge in [-0.25, -0.2) is 4.68 Å². The first-order valence-corrected chi connectivity index (χ1v) is 6.40. The van der Waals surface area contributed by atoms with Crippen LogP contribution < -0.4 is 5.32 Å². The van der Waals surface area contributed by atoms with Crippen molar-refractivity contribution < 1.29 is 0 Å². The van der Waals surface area contributed by atoms with Crippen molar-refractivity contribution in [2.75, 3.05) is 7.05 Å². The van der Waals surface area contributed by atoms with Crippen LogP contribution in [-0.2, 0) is 0 Å². The van der Waals surface area contributed by atoms with Crippen molar-refractivity contribution >= 4 is 11.6 Å². The van der Waals surface area contributed by atoms with Gasteiger partial charge in [0, 0.05) is 22.3 Å². The first-order chi connectivity index (χ1) is 8.54. The zero-order chi connectivity index (χ0) is 13.3. The second-order valence-corrected chi connectivity index (χ2v) is 4.95. The molecule has 1 heterocycles. The van der Waals surface area contributed by atoms with Crippen molar-refractivity contribution in [2.45, 2.75) is 26.8 Å². The molecule has 0 radical (unpaired) electrons. The Hall–Kier alpha value is -1.32. The summed E-state index contributed by atoms with van der Waals surface area (Å²) in [5, 5.41) is 8.44. The van der Waals surface area contributed by atoms with E-state index in [0.29, 0.717) is 6.04 Å². The maximum Gasteiger partial charge on any atom is 0.0663 e. The van der Waals surface area contributed by atoms with E-state index in [9.17, 15) is 0 Å². The highest BCUT2D eigenvalue weighted by Gasteiger charge is 2.13. The fourth-order valence-electron chi connectivity index (χ4n) is 1.98. The normalized spacial score (nSPS) is 12.7. The highest BCUT2D eigenvalue weighted by Crippen LogP contribution is 2.23. The SMILES string of the molecule is CNC(C)c1cnn(-c2ccc(C)c(Cl)c2)c1C. The van der Waals surface area contributed by atoms with Gasteiger partial charge in [0.15, 0.2) is 0 Å². The van der Waals surface area contributed by atoms with E-state index < -0.39 is 0 Å². The van der Waals surface area contributed by atoms with E-state index in [0.717, 1.165) is 22.0 Å². The monoisotopic (exact) mass is 263 g/mol. The van der Waals surface area contributed by atoms with Crippen LogP contribution in [0.1, 0.15) is 29.8 Å². The molecule has 0 fully saturated rings. The van der Waals surface area contributed by atoms with Crippen LogP contribution in [0.15, 0.2) is 24.4 Å². The Morgan fingerprint density at radius 2 is 2.06 bits per heavy atom. The summed E-state index contributed by atoms with van der Waals surface area (Å²) in [6.07, 6.45) is 1.91. The molecule has 1 N–H and O–H groups in total. The number of halogens is 1. The third-order valence-electron chi connectivity index (χ3n) is 3.35. The summed E-state index contributed by atoms with van der Waals surface area (Å²) in [7, 11) is 1.95. The molecule has 0 amide bonds. The molecule has 0 bridgehead atoms. The molecule has 1 aromatic carbocycles. The Balaban J connectivity index is 2.45. The Bertz CT molecular complexity index is 560. The average Bonchev–Trinajstić information content (AvgIpc) is 2.74. The molecule has 1 aromatic heterocycles. The second kappa shape index (κ2) is 5.12. The Morgan fingerprint density at radius 1 is 1.33 bits per heavy atom. The molecule has 2 aromatic rings. The number of aryl methyl sites for hydroxylation is 1. The van der Waals surface area contributed by atoms with E-state index >= 15 is 0 Å². The van der Waals surface area contributed by atoms with E-state index in [1.54, 1.807) is 0 Å². The Labute approximate surface area is 113 Å². The lowest BCUT2D eigenvalue weighted by molar-refractivity contribution is 0.647. The highest BCUT2D eigenvalue weighted by molar-refractivity contribution is 6.31. The summed E-state index contributed by atoms with van der Waals surface area (Å²) in [5.41, 5.74) is 4.41. The minimum Gasteiger partial charge on any atom is -0.313 e. The molecule has 0 aliphatic heterocycles. The maximum atomic E-state index is 6.16. The molecule has 18 heavy (non-hydrogen) atoms. The van der Waals surface area contributed by atoms with Crippen molar-refractivity contribution in [3.05, 3.63) is 46.2 Å². The van der Waals surface area contributed by atoms with Crippen molar-refractivity contribution in [1.29, 1.82) is 0 Å². The van der Waals surface area contributed by atoms with E-state index in [1.165, 1.54) is 5.56 Å². The number of hydrogen-bond acceptors (Lipinski definition) is 2. The fraction of sp³-hybridized carbons (Fsp3) is 0.357. The second-order valence-electron chi connectivity index (χ2n) is 4.54. The van der Waals surface area contributed by atoms with Crippen molar-refractivity contribution in [1.82, 2.24) is 15.1 Å². The Morgan fingerprint density at radius 3 is 2.67 bits per heavy atom. The molecule has 0 aliphatic rings. The van der Waals surface area contributed by atoms with Gasteiger partial charge in [0.2, 0.25) is 0 Å². The van der Waals surface area contributed by atoms with Crippen molar-refractivity contribution in [3.8, 4) is 5.69 Å². The average molecular weight is 264 g/mol. The molecule has 0 saturated carbocycles. The molecular weight excluding hydrogens is 246 g/mol. The fourth-order valence-corrected chi connectivity index (χ4v) is 2.15. The van der Waals surface area contributed by atoms with Gasteiger partial charge in [-0.15, -0.1) is 0 Å². The number of nitrogens with zero attached hydrogens (tertiary/aromatic N) is 2. The molecule has 1 atom stereocenters. The van der Waals surface area contributed by atoms with Gasteiger partial charge in [-0.2, -0.15) is 5.10 Å². The molecular formula is C14H18ClN3. The Kier molecular flexibility index (Phi) is 3.73. The van der Waals surface area contributed by atoms with Gasteiger partial charge in [-0.05, 0) is 45.5 Å². The topological polar surface area (TPSA) is 29.9 Å². The van der Waals surface area contributed by atoms with E-state index in [-0.39, 0.29) is 0 Å². The smallest absolute Gasteiger partial charge is 0.0663 e. The largest absolute Gasteiger partial charge is 0.313 e. The predicted molar refractivity (Wildman–Crippen MR) is 75.5 cm³/mol. The van der Waals surface area contributed by atoms with Crippen LogP contribution in [0, 0.1) is 13.8 Å². The molecule has 96 valence electrons. The van der Waals surface area contributed by atoms with Gasteiger partial charge in [0.05, 0.1) is 11.9 Å². The van der Waals surface area contributed by atoms with Crippen molar-refractivity contribution in [2.24, 2.45) is 0 Å². The number of hydrogen-bond donors (Lipinski definition) is 1. The van der Waals surface area contributed by atoms with Gasteiger partial charge in [-0.1, -0.05) is 17.7 Å². The van der Waals surface area contributed by atoms with Crippen LogP contribution >= 0.6 is 11.6 Å². The summed E-state index contributed by atoms with van der Waals surface area (Å²) in [6, 6.07) is 6.29. The standard InChI is InChI=1S/C14H18ClN3/c1-9-5-6-12(7-14(9)15)18-11(3)13(8-17-18)10(2)16-4/h5-8,10,16H,1-4H3. The maximum absolute atomic E-state index is 6.16. The van der Waals surface area contributed by atoms with Crippen molar-refractivity contribution in [3.63, 3.8) is 0 Å². The quantitative estimate of drug-likeness (QED) is 0.920. The van der Waals surface area contributed by atoms with Gasteiger partial charge >= 0.3 is 0 Å². The van der Waals surface area contributed by atoms with Gasteiger partial charge < -0.3 is 5.32 Å². The van der Waals surface area contributed by atoms with E-state index in [4.69, 9.17) is 11.6 Å². The van der Waals surface area contributed by atoms with Gasteiger partial charge in [0.1, 0.15) is 0 Å². The molecule has 1 unspecified atom stereocenters. The third kappa shape index (κ3) is 2.28. The minimum atomic E-state index is 0.291. The number of benzene rings is 1. The van der Waals surface area contributed by atoms with Gasteiger partial charge in [-0.3, -0.25) is 0 Å². The van der Waals surface area contributed by atoms with Gasteiger partial charge in [0.25, 0.3) is 0 Å². The lowest BCUT2D eigenvalue weighted by atomic mass is 10.1. The van der Waals surface area contributed by atoms with E-state index in [2.05, 4.69) is 24.3 Å². The summed E-state index contributed by atoms with van der Waals surface area (Å²) in [4.78, 5) is 0. The van der Waals surface area contributed by atoms with Crippen LogP contribution in [0.25, 0.3) is 5.69 Å². The molecule has 0 spiro atoms. The number of aromatic nitrogens is 2. The lowest BCUT2D eigenvalue weighted by Crippen LogP contribution is -2.13. The predicted octanol–water partition coefficient (Wildman–Crippen LogP) is 3.42. The first-order valence-electron chi connectivity index (χ1n) is 6.03.